The van der Waals surface area contributed by atoms with Crippen LogP contribution < -0.4 is 0 Å². The first kappa shape index (κ1) is 12.0. The van der Waals surface area contributed by atoms with Gasteiger partial charge in [-0.25, -0.2) is 0 Å². The molecule has 19 heavy (non-hydrogen) atoms. The van der Waals surface area contributed by atoms with Gasteiger partial charge < -0.3 is 0 Å². The average Bonchev–Trinajstić information content (AvgIpc) is 2.89. The zero-order valence-electron chi connectivity index (χ0n) is 10.3. The molecular formula is C16H13ClN2. The Morgan fingerprint density at radius 3 is 2.74 bits per heavy atom. The van der Waals surface area contributed by atoms with Crippen molar-refractivity contribution in [3.63, 3.8) is 0 Å². The van der Waals surface area contributed by atoms with E-state index in [1.807, 2.05) is 42.5 Å². The average molecular weight is 269 g/mol. The SMILES string of the molecule is ClCC=Cc1ccccc1-c1n[nH]c2ccccc12. The topological polar surface area (TPSA) is 28.7 Å². The summed E-state index contributed by atoms with van der Waals surface area (Å²) in [6.07, 6.45) is 3.97. The van der Waals surface area contributed by atoms with Gasteiger partial charge in [0.1, 0.15) is 5.69 Å². The minimum Gasteiger partial charge on any atom is -0.277 e. The van der Waals surface area contributed by atoms with Crippen molar-refractivity contribution in [3.05, 3.63) is 60.2 Å². The van der Waals surface area contributed by atoms with Crippen LogP contribution in [-0.4, -0.2) is 16.1 Å². The molecule has 0 fully saturated rings. The minimum atomic E-state index is 0.510. The maximum Gasteiger partial charge on any atom is 0.100 e. The highest BCUT2D eigenvalue weighted by molar-refractivity contribution is 6.19. The van der Waals surface area contributed by atoms with Crippen molar-refractivity contribution in [2.24, 2.45) is 0 Å². The summed E-state index contributed by atoms with van der Waals surface area (Å²) in [5, 5.41) is 8.65. The summed E-state index contributed by atoms with van der Waals surface area (Å²) in [6.45, 7) is 0. The third kappa shape index (κ3) is 2.27. The Hall–Kier alpha value is -2.06. The van der Waals surface area contributed by atoms with Crippen LogP contribution in [0.2, 0.25) is 0 Å². The lowest BCUT2D eigenvalue weighted by Crippen LogP contribution is -1.84. The molecule has 3 rings (SSSR count). The number of allylic oxidation sites excluding steroid dienone is 1. The van der Waals surface area contributed by atoms with Crippen LogP contribution in [0.1, 0.15) is 5.56 Å². The maximum absolute atomic E-state index is 5.72. The molecule has 1 N–H and O–H groups in total. The number of hydrogen-bond acceptors (Lipinski definition) is 1. The molecule has 0 aliphatic rings. The molecule has 3 heteroatoms. The molecule has 0 amide bonds. The van der Waals surface area contributed by atoms with Crippen molar-refractivity contribution in [2.75, 3.05) is 5.88 Å². The first-order valence-corrected chi connectivity index (χ1v) is 6.68. The van der Waals surface area contributed by atoms with E-state index in [9.17, 15) is 0 Å². The van der Waals surface area contributed by atoms with Gasteiger partial charge in [0.15, 0.2) is 0 Å². The molecule has 0 radical (unpaired) electrons. The Bertz CT molecular complexity index is 728. The molecule has 0 spiro atoms. The van der Waals surface area contributed by atoms with Crippen LogP contribution in [0.15, 0.2) is 54.6 Å². The Balaban J connectivity index is 2.19. The number of aromatic nitrogens is 2. The van der Waals surface area contributed by atoms with E-state index in [2.05, 4.69) is 28.4 Å². The van der Waals surface area contributed by atoms with Gasteiger partial charge in [0, 0.05) is 16.8 Å². The van der Waals surface area contributed by atoms with E-state index in [-0.39, 0.29) is 0 Å². The molecule has 1 heterocycles. The summed E-state index contributed by atoms with van der Waals surface area (Å²) < 4.78 is 0. The number of aromatic amines is 1. The van der Waals surface area contributed by atoms with Crippen molar-refractivity contribution >= 4 is 28.6 Å². The number of fused-ring (bicyclic) bond motifs is 1. The molecular weight excluding hydrogens is 256 g/mol. The fraction of sp³-hybridized carbons (Fsp3) is 0.0625. The second-order valence-corrected chi connectivity index (χ2v) is 4.57. The fourth-order valence-electron chi connectivity index (χ4n) is 2.20. The highest BCUT2D eigenvalue weighted by atomic mass is 35.5. The van der Waals surface area contributed by atoms with Crippen LogP contribution in [0, 0.1) is 0 Å². The summed E-state index contributed by atoms with van der Waals surface area (Å²) in [5.41, 5.74) is 4.26. The monoisotopic (exact) mass is 268 g/mol. The Morgan fingerprint density at radius 1 is 1.05 bits per heavy atom. The van der Waals surface area contributed by atoms with Gasteiger partial charge in [0.25, 0.3) is 0 Å². The van der Waals surface area contributed by atoms with Gasteiger partial charge in [0.05, 0.1) is 5.52 Å². The zero-order chi connectivity index (χ0) is 13.1. The van der Waals surface area contributed by atoms with Crippen molar-refractivity contribution in [2.45, 2.75) is 0 Å². The van der Waals surface area contributed by atoms with Crippen LogP contribution in [0.25, 0.3) is 28.2 Å². The van der Waals surface area contributed by atoms with Crippen molar-refractivity contribution < 1.29 is 0 Å². The standard InChI is InChI=1S/C16H13ClN2/c17-11-5-7-12-6-1-2-8-13(12)16-14-9-3-4-10-15(14)18-19-16/h1-10H,11H2,(H,18,19). The Kier molecular flexibility index (Phi) is 3.34. The van der Waals surface area contributed by atoms with Crippen LogP contribution in [0.4, 0.5) is 0 Å². The van der Waals surface area contributed by atoms with Crippen LogP contribution in [0.3, 0.4) is 0 Å². The molecule has 94 valence electrons. The number of H-pyrrole nitrogens is 1. The molecule has 0 saturated carbocycles. The molecule has 1 aromatic heterocycles. The van der Waals surface area contributed by atoms with Gasteiger partial charge in [0.2, 0.25) is 0 Å². The smallest absolute Gasteiger partial charge is 0.100 e. The zero-order valence-corrected chi connectivity index (χ0v) is 11.1. The van der Waals surface area contributed by atoms with Crippen LogP contribution in [-0.2, 0) is 0 Å². The lowest BCUT2D eigenvalue weighted by atomic mass is 10.0. The fourth-order valence-corrected chi connectivity index (χ4v) is 2.29. The van der Waals surface area contributed by atoms with Crippen LogP contribution >= 0.6 is 11.6 Å². The van der Waals surface area contributed by atoms with E-state index in [4.69, 9.17) is 11.6 Å². The molecule has 2 nitrogen and oxygen atoms in total. The third-order valence-electron chi connectivity index (χ3n) is 3.07. The summed E-state index contributed by atoms with van der Waals surface area (Å²) >= 11 is 5.72. The predicted molar refractivity (Wildman–Crippen MR) is 81.3 cm³/mol. The van der Waals surface area contributed by atoms with Gasteiger partial charge in [-0.05, 0) is 11.6 Å². The molecule has 0 atom stereocenters. The molecule has 0 bridgehead atoms. The van der Waals surface area contributed by atoms with E-state index >= 15 is 0 Å². The van der Waals surface area contributed by atoms with Crippen LogP contribution in [0.5, 0.6) is 0 Å². The Morgan fingerprint density at radius 2 is 1.84 bits per heavy atom. The molecule has 0 aliphatic carbocycles. The number of nitrogens with zero attached hydrogens (tertiary/aromatic N) is 1. The van der Waals surface area contributed by atoms with Gasteiger partial charge in [-0.2, -0.15) is 5.10 Å². The minimum absolute atomic E-state index is 0.510. The van der Waals surface area contributed by atoms with Crippen molar-refractivity contribution in [3.8, 4) is 11.3 Å². The first-order valence-electron chi connectivity index (χ1n) is 6.15. The number of halogens is 1. The lowest BCUT2D eigenvalue weighted by Gasteiger charge is -2.03. The highest BCUT2D eigenvalue weighted by Crippen LogP contribution is 2.29. The number of nitrogens with one attached hydrogen (secondary N) is 1. The largest absolute Gasteiger partial charge is 0.277 e. The number of para-hydroxylation sites is 1. The molecule has 2 aromatic carbocycles. The molecule has 0 unspecified atom stereocenters. The van der Waals surface area contributed by atoms with Crippen molar-refractivity contribution in [1.29, 1.82) is 0 Å². The molecule has 3 aromatic rings. The van der Waals surface area contributed by atoms with Gasteiger partial charge in [-0.15, -0.1) is 11.6 Å². The van der Waals surface area contributed by atoms with E-state index < -0.39 is 0 Å². The second-order valence-electron chi connectivity index (χ2n) is 4.26. The normalized spacial score (nSPS) is 11.4. The van der Waals surface area contributed by atoms with E-state index in [0.717, 1.165) is 27.7 Å². The molecule has 0 aliphatic heterocycles. The Labute approximate surface area is 116 Å². The number of rotatable bonds is 3. The number of hydrogen-bond donors (Lipinski definition) is 1. The summed E-state index contributed by atoms with van der Waals surface area (Å²) in [6, 6.07) is 16.3. The lowest BCUT2D eigenvalue weighted by molar-refractivity contribution is 1.12. The number of benzene rings is 2. The highest BCUT2D eigenvalue weighted by Gasteiger charge is 2.09. The maximum atomic E-state index is 5.72. The quantitative estimate of drug-likeness (QED) is 0.697. The number of alkyl halides is 1. The summed E-state index contributed by atoms with van der Waals surface area (Å²) in [5.74, 6) is 0.510. The van der Waals surface area contributed by atoms with Gasteiger partial charge in [-0.3, -0.25) is 5.10 Å². The van der Waals surface area contributed by atoms with E-state index in [1.165, 1.54) is 0 Å². The summed E-state index contributed by atoms with van der Waals surface area (Å²) in [4.78, 5) is 0. The predicted octanol–water partition coefficient (Wildman–Crippen LogP) is 4.48. The second kappa shape index (κ2) is 5.29. The van der Waals surface area contributed by atoms with Gasteiger partial charge in [-0.1, -0.05) is 54.6 Å². The first-order chi connectivity index (χ1) is 9.40. The van der Waals surface area contributed by atoms with E-state index in [0.29, 0.717) is 5.88 Å². The summed E-state index contributed by atoms with van der Waals surface area (Å²) in [7, 11) is 0. The van der Waals surface area contributed by atoms with Crippen molar-refractivity contribution in [1.82, 2.24) is 10.2 Å². The van der Waals surface area contributed by atoms with E-state index in [1.54, 1.807) is 0 Å². The third-order valence-corrected chi connectivity index (χ3v) is 3.25. The molecule has 0 saturated heterocycles. The van der Waals surface area contributed by atoms with Gasteiger partial charge >= 0.3 is 0 Å².